The minimum atomic E-state index is -3.88. The number of aromatic nitrogens is 1. The fourth-order valence-corrected chi connectivity index (χ4v) is 2.91. The third kappa shape index (κ3) is 3.99. The summed E-state index contributed by atoms with van der Waals surface area (Å²) in [4.78, 5) is 12.0. The lowest BCUT2D eigenvalue weighted by molar-refractivity contribution is 0.0414. The molecule has 0 bridgehead atoms. The smallest absolute Gasteiger partial charge is 0.355 e. The zero-order valence-electron chi connectivity index (χ0n) is 11.9. The van der Waals surface area contributed by atoms with E-state index in [-0.39, 0.29) is 29.2 Å². The maximum atomic E-state index is 12.1. The van der Waals surface area contributed by atoms with Crippen LogP contribution in [0.3, 0.4) is 0 Å². The van der Waals surface area contributed by atoms with Gasteiger partial charge in [-0.3, -0.25) is 0 Å². The number of hydrogen-bond acceptors (Lipinski definition) is 5. The predicted molar refractivity (Wildman–Crippen MR) is 77.1 cm³/mol. The lowest BCUT2D eigenvalue weighted by Gasteiger charge is -2.13. The Bertz CT molecular complexity index is 617. The Hall–Kier alpha value is -1.05. The summed E-state index contributed by atoms with van der Waals surface area (Å²) in [6.45, 7) is 5.21. The van der Waals surface area contributed by atoms with E-state index in [1.807, 2.05) is 13.8 Å². The third-order valence-corrected chi connectivity index (χ3v) is 4.67. The molecule has 0 saturated carbocycles. The van der Waals surface area contributed by atoms with Gasteiger partial charge in [-0.2, -0.15) is 0 Å². The minimum Gasteiger partial charge on any atom is -0.461 e. The van der Waals surface area contributed by atoms with E-state index < -0.39 is 15.0 Å². The second-order valence-corrected chi connectivity index (χ2v) is 7.89. The molecule has 1 atom stereocenters. The average molecular weight is 336 g/mol. The third-order valence-electron chi connectivity index (χ3n) is 3.34. The molecule has 6 nitrogen and oxygen atoms in total. The number of carbonyl (C=O) groups is 1. The number of esters is 1. The standard InChI is InChI=1S/C13H18ClNO5S/c1-9(2)15-6-11(21(14,17)18)5-12(15)13(16)20-8-10-3-4-19-7-10/h5-6,9-10H,3-4,7-8H2,1-2H3. The number of carbonyl (C=O) groups excluding carboxylic acids is 1. The maximum Gasteiger partial charge on any atom is 0.355 e. The zero-order chi connectivity index (χ0) is 15.6. The quantitative estimate of drug-likeness (QED) is 0.609. The van der Waals surface area contributed by atoms with Crippen LogP contribution in [-0.4, -0.2) is 38.8 Å². The number of nitrogens with zero attached hydrogens (tertiary/aromatic N) is 1. The van der Waals surface area contributed by atoms with Crippen molar-refractivity contribution < 1.29 is 22.7 Å². The number of ether oxygens (including phenoxy) is 2. The van der Waals surface area contributed by atoms with Gasteiger partial charge in [-0.1, -0.05) is 0 Å². The van der Waals surface area contributed by atoms with E-state index in [1.165, 1.54) is 12.3 Å². The molecule has 8 heteroatoms. The van der Waals surface area contributed by atoms with Crippen molar-refractivity contribution in [3.8, 4) is 0 Å². The molecule has 1 fully saturated rings. The Labute approximate surface area is 128 Å². The van der Waals surface area contributed by atoms with Gasteiger partial charge in [0.25, 0.3) is 9.05 Å². The summed E-state index contributed by atoms with van der Waals surface area (Å²) < 4.78 is 34.8. The fraction of sp³-hybridized carbons (Fsp3) is 0.615. The van der Waals surface area contributed by atoms with Gasteiger partial charge in [0.2, 0.25) is 0 Å². The summed E-state index contributed by atoms with van der Waals surface area (Å²) >= 11 is 0. The summed E-state index contributed by atoms with van der Waals surface area (Å²) in [5.74, 6) is -0.352. The molecule has 1 aliphatic rings. The highest BCUT2D eigenvalue weighted by molar-refractivity contribution is 8.13. The van der Waals surface area contributed by atoms with E-state index in [2.05, 4.69) is 0 Å². The SMILES string of the molecule is CC(C)n1cc(S(=O)(=O)Cl)cc1C(=O)OCC1CCOC1. The van der Waals surface area contributed by atoms with E-state index in [1.54, 1.807) is 4.57 Å². The molecule has 0 radical (unpaired) electrons. The van der Waals surface area contributed by atoms with Crippen molar-refractivity contribution in [2.24, 2.45) is 5.92 Å². The Morgan fingerprint density at radius 2 is 2.29 bits per heavy atom. The number of hydrogen-bond donors (Lipinski definition) is 0. The van der Waals surface area contributed by atoms with Gasteiger partial charge in [0.05, 0.1) is 13.2 Å². The molecule has 118 valence electrons. The molecule has 0 aliphatic carbocycles. The Kier molecular flexibility index (Phi) is 4.95. The molecule has 1 saturated heterocycles. The molecular weight excluding hydrogens is 318 g/mol. The molecule has 2 heterocycles. The number of halogens is 1. The van der Waals surface area contributed by atoms with Crippen LogP contribution in [0.1, 0.15) is 36.8 Å². The first-order valence-corrected chi connectivity index (χ1v) is 9.01. The molecule has 1 unspecified atom stereocenters. The fourth-order valence-electron chi connectivity index (χ4n) is 2.16. The first-order valence-electron chi connectivity index (χ1n) is 6.70. The minimum absolute atomic E-state index is 0.0884. The van der Waals surface area contributed by atoms with E-state index in [4.69, 9.17) is 20.2 Å². The Balaban J connectivity index is 2.16. The highest BCUT2D eigenvalue weighted by atomic mass is 35.7. The van der Waals surface area contributed by atoms with E-state index in [0.29, 0.717) is 13.2 Å². The monoisotopic (exact) mass is 335 g/mol. The predicted octanol–water partition coefficient (Wildman–Crippen LogP) is 2.19. The Morgan fingerprint density at radius 3 is 2.81 bits per heavy atom. The van der Waals surface area contributed by atoms with Crippen molar-refractivity contribution in [1.29, 1.82) is 0 Å². The molecule has 2 rings (SSSR count). The largest absolute Gasteiger partial charge is 0.461 e. The maximum absolute atomic E-state index is 12.1. The van der Waals surface area contributed by atoms with Crippen molar-refractivity contribution >= 4 is 25.7 Å². The summed E-state index contributed by atoms with van der Waals surface area (Å²) in [5, 5.41) is 0. The number of rotatable bonds is 5. The van der Waals surface area contributed by atoms with Gasteiger partial charge in [-0.05, 0) is 26.3 Å². The van der Waals surface area contributed by atoms with Gasteiger partial charge >= 0.3 is 5.97 Å². The van der Waals surface area contributed by atoms with E-state index in [0.717, 1.165) is 6.42 Å². The normalized spacial score (nSPS) is 19.1. The molecule has 0 amide bonds. The molecule has 0 N–H and O–H groups in total. The van der Waals surface area contributed by atoms with Crippen molar-refractivity contribution in [3.05, 3.63) is 18.0 Å². The van der Waals surface area contributed by atoms with Crippen molar-refractivity contribution in [1.82, 2.24) is 4.57 Å². The first kappa shape index (κ1) is 16.3. The molecule has 1 aromatic rings. The van der Waals surface area contributed by atoms with E-state index in [9.17, 15) is 13.2 Å². The van der Waals surface area contributed by atoms with Crippen LogP contribution in [0.25, 0.3) is 0 Å². The average Bonchev–Trinajstić information content (AvgIpc) is 3.04. The van der Waals surface area contributed by atoms with Crippen LogP contribution in [-0.2, 0) is 18.5 Å². The van der Waals surface area contributed by atoms with Crippen LogP contribution in [0, 0.1) is 5.92 Å². The lowest BCUT2D eigenvalue weighted by atomic mass is 10.1. The van der Waals surface area contributed by atoms with Gasteiger partial charge in [0, 0.05) is 35.4 Å². The van der Waals surface area contributed by atoms with Crippen molar-refractivity contribution in [2.45, 2.75) is 31.2 Å². The molecular formula is C13H18ClNO5S. The van der Waals surface area contributed by atoms with Crippen LogP contribution >= 0.6 is 10.7 Å². The Morgan fingerprint density at radius 1 is 1.57 bits per heavy atom. The molecule has 21 heavy (non-hydrogen) atoms. The molecule has 1 aliphatic heterocycles. The van der Waals surface area contributed by atoms with E-state index >= 15 is 0 Å². The summed E-state index contributed by atoms with van der Waals surface area (Å²) in [7, 11) is 1.45. The van der Waals surface area contributed by atoms with Crippen molar-refractivity contribution in [2.75, 3.05) is 19.8 Å². The van der Waals surface area contributed by atoms with Crippen LogP contribution in [0.5, 0.6) is 0 Å². The second kappa shape index (κ2) is 6.37. The van der Waals surface area contributed by atoms with Crippen LogP contribution in [0.2, 0.25) is 0 Å². The summed E-state index contributed by atoms with van der Waals surface area (Å²) in [5.41, 5.74) is 0.183. The second-order valence-electron chi connectivity index (χ2n) is 5.33. The van der Waals surface area contributed by atoms with Crippen LogP contribution < -0.4 is 0 Å². The van der Waals surface area contributed by atoms with Gasteiger partial charge < -0.3 is 14.0 Å². The topological polar surface area (TPSA) is 74.6 Å². The lowest BCUT2D eigenvalue weighted by Crippen LogP contribution is -2.17. The highest BCUT2D eigenvalue weighted by Crippen LogP contribution is 2.23. The summed E-state index contributed by atoms with van der Waals surface area (Å²) in [6.07, 6.45) is 2.21. The molecule has 1 aromatic heterocycles. The van der Waals surface area contributed by atoms with Gasteiger partial charge in [0.15, 0.2) is 0 Å². The first-order chi connectivity index (χ1) is 9.79. The molecule has 0 spiro atoms. The summed E-state index contributed by atoms with van der Waals surface area (Å²) in [6, 6.07) is 1.16. The van der Waals surface area contributed by atoms with Crippen LogP contribution in [0.15, 0.2) is 17.2 Å². The molecule has 0 aromatic carbocycles. The highest BCUT2D eigenvalue weighted by Gasteiger charge is 2.24. The van der Waals surface area contributed by atoms with Crippen LogP contribution in [0.4, 0.5) is 0 Å². The van der Waals surface area contributed by atoms with Gasteiger partial charge in [0.1, 0.15) is 10.6 Å². The zero-order valence-corrected chi connectivity index (χ0v) is 13.5. The van der Waals surface area contributed by atoms with Crippen molar-refractivity contribution in [3.63, 3.8) is 0 Å². The van der Waals surface area contributed by atoms with Gasteiger partial charge in [-0.25, -0.2) is 13.2 Å². The van der Waals surface area contributed by atoms with Gasteiger partial charge in [-0.15, -0.1) is 0 Å².